The number of ether oxygens (including phenoxy) is 3. The third-order valence-electron chi connectivity index (χ3n) is 5.43. The summed E-state index contributed by atoms with van der Waals surface area (Å²) in [5.41, 5.74) is 2.04. The topological polar surface area (TPSA) is 96.2 Å². The van der Waals surface area contributed by atoms with Gasteiger partial charge in [0.1, 0.15) is 0 Å². The molecule has 3 aromatic rings. The molecular formula is C26H23IN2O6S. The molecule has 2 aromatic carbocycles. The van der Waals surface area contributed by atoms with Gasteiger partial charge in [0.05, 0.1) is 39.1 Å². The van der Waals surface area contributed by atoms with Crippen molar-refractivity contribution in [3.63, 3.8) is 0 Å². The van der Waals surface area contributed by atoms with E-state index in [4.69, 9.17) is 14.2 Å². The average Bonchev–Trinajstić information content (AvgIpc) is 3.14. The molecule has 2 heterocycles. The molecule has 36 heavy (non-hydrogen) atoms. The van der Waals surface area contributed by atoms with Crippen molar-refractivity contribution >= 4 is 51.9 Å². The van der Waals surface area contributed by atoms with Gasteiger partial charge in [-0.2, -0.15) is 0 Å². The van der Waals surface area contributed by atoms with Crippen LogP contribution in [-0.4, -0.2) is 30.2 Å². The molecule has 0 aliphatic carbocycles. The Labute approximate surface area is 224 Å². The summed E-state index contributed by atoms with van der Waals surface area (Å²) in [5.74, 6) is -0.259. The lowest BCUT2D eigenvalue weighted by Crippen LogP contribution is -2.39. The lowest BCUT2D eigenvalue weighted by Gasteiger charge is -2.24. The van der Waals surface area contributed by atoms with Crippen molar-refractivity contribution < 1.29 is 23.8 Å². The second-order valence-electron chi connectivity index (χ2n) is 7.84. The lowest BCUT2D eigenvalue weighted by molar-refractivity contribution is -0.139. The van der Waals surface area contributed by atoms with Crippen LogP contribution >= 0.6 is 33.9 Å². The number of thiazole rings is 1. The Bertz CT molecular complexity index is 1560. The second kappa shape index (κ2) is 10.8. The highest BCUT2D eigenvalue weighted by molar-refractivity contribution is 14.1. The van der Waals surface area contributed by atoms with E-state index in [1.165, 1.54) is 25.4 Å². The summed E-state index contributed by atoms with van der Waals surface area (Å²) in [5, 5.41) is 0. The summed E-state index contributed by atoms with van der Waals surface area (Å²) in [7, 11) is 1.48. The number of carbonyl (C=O) groups excluding carboxylic acids is 2. The standard InChI is InChI=1S/C26H23IN2O6S/c1-5-34-25(32)21-14(2)28-26-29(22(21)17-9-7-6-8-10-17)24(31)20(36-26)13-16-11-18(27)23(35-15(3)30)19(12-16)33-4/h6-13,22H,5H2,1-4H3/b20-13-/t22-/m0/s1. The van der Waals surface area contributed by atoms with Crippen molar-refractivity contribution in [1.82, 2.24) is 4.57 Å². The zero-order valence-corrected chi connectivity index (χ0v) is 23.0. The van der Waals surface area contributed by atoms with E-state index in [0.29, 0.717) is 41.2 Å². The number of methoxy groups -OCH3 is 1. The number of allylic oxidation sites excluding steroid dienone is 1. The Hall–Kier alpha value is -3.25. The Morgan fingerprint density at radius 2 is 1.94 bits per heavy atom. The summed E-state index contributed by atoms with van der Waals surface area (Å²) in [4.78, 5) is 43.2. The number of fused-ring (bicyclic) bond motifs is 1. The third-order valence-corrected chi connectivity index (χ3v) is 7.21. The summed E-state index contributed by atoms with van der Waals surface area (Å²) in [6, 6.07) is 12.2. The zero-order valence-electron chi connectivity index (χ0n) is 20.0. The van der Waals surface area contributed by atoms with Crippen LogP contribution in [0.5, 0.6) is 11.5 Å². The number of carbonyl (C=O) groups is 2. The Morgan fingerprint density at radius 3 is 2.58 bits per heavy atom. The lowest BCUT2D eigenvalue weighted by atomic mass is 9.96. The van der Waals surface area contributed by atoms with Crippen LogP contribution in [0.3, 0.4) is 0 Å². The number of rotatable bonds is 6. The number of hydrogen-bond acceptors (Lipinski definition) is 8. The average molecular weight is 618 g/mol. The molecule has 1 aliphatic rings. The second-order valence-corrected chi connectivity index (χ2v) is 10.0. The molecule has 4 rings (SSSR count). The minimum atomic E-state index is -0.662. The van der Waals surface area contributed by atoms with E-state index >= 15 is 0 Å². The van der Waals surface area contributed by atoms with Crippen LogP contribution in [0.15, 0.2) is 63.5 Å². The van der Waals surface area contributed by atoms with Crippen molar-refractivity contribution in [3.05, 3.63) is 88.1 Å². The van der Waals surface area contributed by atoms with E-state index in [1.54, 1.807) is 36.6 Å². The van der Waals surface area contributed by atoms with Gasteiger partial charge in [-0.1, -0.05) is 41.7 Å². The molecule has 0 unspecified atom stereocenters. The van der Waals surface area contributed by atoms with Gasteiger partial charge in [-0.3, -0.25) is 14.2 Å². The maximum atomic E-state index is 13.7. The van der Waals surface area contributed by atoms with Crippen molar-refractivity contribution in [1.29, 1.82) is 0 Å². The normalized spacial score (nSPS) is 15.2. The highest BCUT2D eigenvalue weighted by Gasteiger charge is 2.33. The van der Waals surface area contributed by atoms with Crippen LogP contribution in [0.4, 0.5) is 0 Å². The number of hydrogen-bond donors (Lipinski definition) is 0. The van der Waals surface area contributed by atoms with Gasteiger partial charge >= 0.3 is 11.9 Å². The van der Waals surface area contributed by atoms with Gasteiger partial charge in [0.2, 0.25) is 0 Å². The van der Waals surface area contributed by atoms with Gasteiger partial charge in [-0.25, -0.2) is 9.79 Å². The van der Waals surface area contributed by atoms with Gasteiger partial charge in [0.15, 0.2) is 16.3 Å². The van der Waals surface area contributed by atoms with Gasteiger partial charge in [0.25, 0.3) is 5.56 Å². The Kier molecular flexibility index (Phi) is 7.74. The van der Waals surface area contributed by atoms with Crippen molar-refractivity contribution in [2.24, 2.45) is 4.99 Å². The number of halogens is 1. The molecule has 8 nitrogen and oxygen atoms in total. The van der Waals surface area contributed by atoms with E-state index in [0.717, 1.165) is 5.56 Å². The van der Waals surface area contributed by atoms with Crippen molar-refractivity contribution in [2.75, 3.05) is 13.7 Å². The van der Waals surface area contributed by atoms with E-state index in [2.05, 4.69) is 27.6 Å². The zero-order chi connectivity index (χ0) is 26.0. The SMILES string of the molecule is CCOC(=O)C1=C(C)N=c2s/c(=C\c3cc(I)c(OC(C)=O)c(OC)c3)c(=O)n2[C@H]1c1ccccc1. The fourth-order valence-corrected chi connectivity index (χ4v) is 5.74. The largest absolute Gasteiger partial charge is 0.493 e. The molecule has 0 amide bonds. The maximum absolute atomic E-state index is 13.7. The highest BCUT2D eigenvalue weighted by Crippen LogP contribution is 2.34. The number of aromatic nitrogens is 1. The van der Waals surface area contributed by atoms with Gasteiger partial charge in [0, 0.05) is 6.92 Å². The first-order chi connectivity index (χ1) is 17.2. The quantitative estimate of drug-likeness (QED) is 0.239. The molecule has 1 atom stereocenters. The van der Waals surface area contributed by atoms with Gasteiger partial charge in [-0.05, 0) is 65.8 Å². The smallest absolute Gasteiger partial charge is 0.338 e. The number of nitrogens with zero attached hydrogens (tertiary/aromatic N) is 2. The number of esters is 2. The Balaban J connectivity index is 1.91. The van der Waals surface area contributed by atoms with Crippen molar-refractivity contribution in [3.8, 4) is 11.5 Å². The molecule has 0 saturated carbocycles. The molecule has 0 bridgehead atoms. The molecule has 1 aromatic heterocycles. The molecule has 1 aliphatic heterocycles. The van der Waals surface area contributed by atoms with Crippen LogP contribution < -0.4 is 24.4 Å². The van der Waals surface area contributed by atoms with Gasteiger partial charge in [-0.15, -0.1) is 0 Å². The first-order valence-corrected chi connectivity index (χ1v) is 12.9. The first kappa shape index (κ1) is 25.8. The van der Waals surface area contributed by atoms with E-state index in [-0.39, 0.29) is 12.2 Å². The molecule has 0 spiro atoms. The Morgan fingerprint density at radius 1 is 1.22 bits per heavy atom. The summed E-state index contributed by atoms with van der Waals surface area (Å²) < 4.78 is 18.6. The molecular weight excluding hydrogens is 595 g/mol. The third kappa shape index (κ3) is 5.00. The van der Waals surface area contributed by atoms with Crippen LogP contribution in [0, 0.1) is 3.57 Å². The van der Waals surface area contributed by atoms with Crippen LogP contribution in [0.2, 0.25) is 0 Å². The van der Waals surface area contributed by atoms with Crippen LogP contribution in [-0.2, 0) is 14.3 Å². The predicted molar refractivity (Wildman–Crippen MR) is 144 cm³/mol. The maximum Gasteiger partial charge on any atom is 0.338 e. The molecule has 0 radical (unpaired) electrons. The monoisotopic (exact) mass is 618 g/mol. The van der Waals surface area contributed by atoms with E-state index in [9.17, 15) is 14.4 Å². The van der Waals surface area contributed by atoms with Crippen LogP contribution in [0.1, 0.15) is 37.9 Å². The fourth-order valence-electron chi connectivity index (χ4n) is 3.96. The predicted octanol–water partition coefficient (Wildman–Crippen LogP) is 3.34. The van der Waals surface area contributed by atoms with E-state index < -0.39 is 18.0 Å². The number of benzene rings is 2. The fraction of sp³-hybridized carbons (Fsp3) is 0.231. The molecule has 10 heteroatoms. The first-order valence-electron chi connectivity index (χ1n) is 11.1. The summed E-state index contributed by atoms with van der Waals surface area (Å²) >= 11 is 3.29. The van der Waals surface area contributed by atoms with Crippen molar-refractivity contribution in [2.45, 2.75) is 26.8 Å². The molecule has 0 saturated heterocycles. The molecule has 186 valence electrons. The minimum absolute atomic E-state index is 0.214. The highest BCUT2D eigenvalue weighted by atomic mass is 127. The van der Waals surface area contributed by atoms with E-state index in [1.807, 2.05) is 30.3 Å². The summed E-state index contributed by atoms with van der Waals surface area (Å²) in [6.07, 6.45) is 1.73. The summed E-state index contributed by atoms with van der Waals surface area (Å²) in [6.45, 7) is 5.02. The van der Waals surface area contributed by atoms with Gasteiger partial charge < -0.3 is 14.2 Å². The minimum Gasteiger partial charge on any atom is -0.493 e. The van der Waals surface area contributed by atoms with Crippen LogP contribution in [0.25, 0.3) is 6.08 Å². The molecule has 0 fully saturated rings. The molecule has 0 N–H and O–H groups in total.